The molecule has 0 fully saturated rings. The summed E-state index contributed by atoms with van der Waals surface area (Å²) in [5.74, 6) is 0.604. The van der Waals surface area contributed by atoms with Crippen molar-refractivity contribution in [3.05, 3.63) is 58.1 Å². The first-order valence-corrected chi connectivity index (χ1v) is 8.11. The van der Waals surface area contributed by atoms with Gasteiger partial charge in [0.15, 0.2) is 12.4 Å². The number of ether oxygens (including phenoxy) is 3. The second kappa shape index (κ2) is 8.49. The number of halogens is 1. The number of hydrogen-bond acceptors (Lipinski definition) is 5. The molecule has 0 aromatic heterocycles. The molecule has 0 amide bonds. The zero-order valence-electron chi connectivity index (χ0n) is 13.4. The van der Waals surface area contributed by atoms with Crippen LogP contribution in [0.15, 0.2) is 46.9 Å². The van der Waals surface area contributed by atoms with Gasteiger partial charge in [0.05, 0.1) is 23.8 Å². The second-order valence-corrected chi connectivity index (χ2v) is 5.66. The average molecular weight is 393 g/mol. The summed E-state index contributed by atoms with van der Waals surface area (Å²) >= 11 is 3.32. The van der Waals surface area contributed by atoms with Gasteiger partial charge >= 0.3 is 5.97 Å². The van der Waals surface area contributed by atoms with E-state index in [0.29, 0.717) is 28.0 Å². The third-order valence-electron chi connectivity index (χ3n) is 3.20. The van der Waals surface area contributed by atoms with Crippen LogP contribution in [-0.2, 0) is 4.74 Å². The largest absolute Gasteiger partial charge is 0.494 e. The molecule has 0 aliphatic heterocycles. The molecule has 2 rings (SSSR count). The predicted molar refractivity (Wildman–Crippen MR) is 92.9 cm³/mol. The first kappa shape index (κ1) is 18.0. The third-order valence-corrected chi connectivity index (χ3v) is 3.82. The summed E-state index contributed by atoms with van der Waals surface area (Å²) in [6.07, 6.45) is 0. The fourth-order valence-corrected chi connectivity index (χ4v) is 2.49. The highest BCUT2D eigenvalue weighted by Gasteiger charge is 2.12. The minimum Gasteiger partial charge on any atom is -0.494 e. The number of benzene rings is 2. The minimum atomic E-state index is -0.437. The van der Waals surface area contributed by atoms with Gasteiger partial charge in [-0.05, 0) is 65.3 Å². The summed E-state index contributed by atoms with van der Waals surface area (Å²) in [7, 11) is 1.32. The molecule has 0 saturated carbocycles. The summed E-state index contributed by atoms with van der Waals surface area (Å²) in [6.45, 7) is 2.37. The van der Waals surface area contributed by atoms with E-state index in [4.69, 9.17) is 9.47 Å². The zero-order valence-corrected chi connectivity index (χ0v) is 15.0. The summed E-state index contributed by atoms with van der Waals surface area (Å²) in [5.41, 5.74) is 0.940. The van der Waals surface area contributed by atoms with Crippen LogP contribution < -0.4 is 9.47 Å². The van der Waals surface area contributed by atoms with Crippen molar-refractivity contribution in [1.82, 2.24) is 0 Å². The maximum Gasteiger partial charge on any atom is 0.337 e. The lowest BCUT2D eigenvalue weighted by Gasteiger charge is -2.09. The van der Waals surface area contributed by atoms with Crippen molar-refractivity contribution in [2.45, 2.75) is 6.92 Å². The number of esters is 1. The molecule has 0 radical (unpaired) electrons. The first-order chi connectivity index (χ1) is 11.5. The molecule has 0 aliphatic carbocycles. The standard InChI is InChI=1S/C18H17BrO5/c1-3-23-14-7-4-12(5-8-14)16(20)11-24-17-9-6-13(10-15(17)19)18(21)22-2/h4-10H,3,11H2,1-2H3. The maximum atomic E-state index is 12.2. The highest BCUT2D eigenvalue weighted by Crippen LogP contribution is 2.26. The van der Waals surface area contributed by atoms with E-state index < -0.39 is 5.97 Å². The molecular formula is C18H17BrO5. The number of carbonyl (C=O) groups excluding carboxylic acids is 2. The van der Waals surface area contributed by atoms with Gasteiger partial charge in [-0.2, -0.15) is 0 Å². The van der Waals surface area contributed by atoms with Gasteiger partial charge in [0.25, 0.3) is 0 Å². The average Bonchev–Trinajstić information content (AvgIpc) is 2.60. The Kier molecular flexibility index (Phi) is 6.37. The van der Waals surface area contributed by atoms with Crippen LogP contribution in [0, 0.1) is 0 Å². The van der Waals surface area contributed by atoms with Crippen molar-refractivity contribution >= 4 is 27.7 Å². The molecule has 24 heavy (non-hydrogen) atoms. The normalized spacial score (nSPS) is 10.1. The number of ketones is 1. The minimum absolute atomic E-state index is 0.107. The van der Waals surface area contributed by atoms with E-state index in [1.807, 2.05) is 6.92 Å². The van der Waals surface area contributed by atoms with Crippen LogP contribution in [0.4, 0.5) is 0 Å². The first-order valence-electron chi connectivity index (χ1n) is 7.32. The summed E-state index contributed by atoms with van der Waals surface area (Å²) in [4.78, 5) is 23.6. The van der Waals surface area contributed by atoms with Gasteiger partial charge in [-0.3, -0.25) is 4.79 Å². The zero-order chi connectivity index (χ0) is 17.5. The van der Waals surface area contributed by atoms with Gasteiger partial charge in [0.2, 0.25) is 0 Å². The Morgan fingerprint density at radius 1 is 1.00 bits per heavy atom. The highest BCUT2D eigenvalue weighted by molar-refractivity contribution is 9.10. The van der Waals surface area contributed by atoms with E-state index in [2.05, 4.69) is 20.7 Å². The molecule has 0 atom stereocenters. The number of methoxy groups -OCH3 is 1. The summed E-state index contributed by atoms with van der Waals surface area (Å²) in [5, 5.41) is 0. The van der Waals surface area contributed by atoms with Crippen molar-refractivity contribution in [1.29, 1.82) is 0 Å². The van der Waals surface area contributed by atoms with E-state index in [1.165, 1.54) is 7.11 Å². The number of rotatable bonds is 7. The van der Waals surface area contributed by atoms with Crippen molar-refractivity contribution in [3.8, 4) is 11.5 Å². The highest BCUT2D eigenvalue weighted by atomic mass is 79.9. The number of hydrogen-bond donors (Lipinski definition) is 0. The van der Waals surface area contributed by atoms with Gasteiger partial charge in [-0.15, -0.1) is 0 Å². The molecule has 0 unspecified atom stereocenters. The van der Waals surface area contributed by atoms with Crippen LogP contribution in [-0.4, -0.2) is 32.1 Å². The fourth-order valence-electron chi connectivity index (χ4n) is 1.99. The topological polar surface area (TPSA) is 61.8 Å². The molecule has 2 aromatic carbocycles. The predicted octanol–water partition coefficient (Wildman–Crippen LogP) is 3.90. The van der Waals surface area contributed by atoms with E-state index >= 15 is 0 Å². The molecule has 0 saturated heterocycles. The van der Waals surface area contributed by atoms with Gasteiger partial charge in [-0.1, -0.05) is 0 Å². The van der Waals surface area contributed by atoms with Crippen LogP contribution >= 0.6 is 15.9 Å². The molecule has 0 N–H and O–H groups in total. The van der Waals surface area contributed by atoms with Crippen molar-refractivity contribution in [2.75, 3.05) is 20.3 Å². The second-order valence-electron chi connectivity index (χ2n) is 4.81. The molecule has 126 valence electrons. The Morgan fingerprint density at radius 3 is 2.25 bits per heavy atom. The van der Waals surface area contributed by atoms with Crippen LogP contribution in [0.3, 0.4) is 0 Å². The monoisotopic (exact) mass is 392 g/mol. The van der Waals surface area contributed by atoms with Gasteiger partial charge in [-0.25, -0.2) is 4.79 Å². The van der Waals surface area contributed by atoms with Gasteiger partial charge in [0.1, 0.15) is 11.5 Å². The van der Waals surface area contributed by atoms with E-state index in [1.54, 1.807) is 42.5 Å². The Balaban J connectivity index is 1.99. The molecule has 0 aliphatic rings. The van der Waals surface area contributed by atoms with Crippen LogP contribution in [0.25, 0.3) is 0 Å². The van der Waals surface area contributed by atoms with E-state index in [-0.39, 0.29) is 12.4 Å². The van der Waals surface area contributed by atoms with Gasteiger partial charge < -0.3 is 14.2 Å². The van der Waals surface area contributed by atoms with Crippen molar-refractivity contribution < 1.29 is 23.8 Å². The molecule has 0 heterocycles. The Bertz CT molecular complexity index is 725. The van der Waals surface area contributed by atoms with Crippen LogP contribution in [0.1, 0.15) is 27.6 Å². The van der Waals surface area contributed by atoms with Crippen molar-refractivity contribution in [2.24, 2.45) is 0 Å². The van der Waals surface area contributed by atoms with Gasteiger partial charge in [0, 0.05) is 5.56 Å². The maximum absolute atomic E-state index is 12.2. The summed E-state index contributed by atoms with van der Waals surface area (Å²) < 4.78 is 16.1. The lowest BCUT2D eigenvalue weighted by Crippen LogP contribution is -2.12. The third kappa shape index (κ3) is 4.58. The fraction of sp³-hybridized carbons (Fsp3) is 0.222. The summed E-state index contributed by atoms with van der Waals surface area (Å²) in [6, 6.07) is 11.7. The lowest BCUT2D eigenvalue weighted by atomic mass is 10.1. The Morgan fingerprint density at radius 2 is 1.67 bits per heavy atom. The van der Waals surface area contributed by atoms with E-state index in [0.717, 1.165) is 5.75 Å². The molecule has 6 heteroatoms. The molecule has 2 aromatic rings. The Labute approximate surface area is 148 Å². The quantitative estimate of drug-likeness (QED) is 0.528. The molecule has 0 bridgehead atoms. The smallest absolute Gasteiger partial charge is 0.337 e. The van der Waals surface area contributed by atoms with Crippen molar-refractivity contribution in [3.63, 3.8) is 0 Å². The van der Waals surface area contributed by atoms with E-state index in [9.17, 15) is 9.59 Å². The molecular weight excluding hydrogens is 376 g/mol. The SMILES string of the molecule is CCOc1ccc(C(=O)COc2ccc(C(=O)OC)cc2Br)cc1. The molecule has 5 nitrogen and oxygen atoms in total. The van der Waals surface area contributed by atoms with Crippen LogP contribution in [0.5, 0.6) is 11.5 Å². The Hall–Kier alpha value is -2.34. The number of Topliss-reactive ketones (excluding diaryl/α,β-unsaturated/α-hetero) is 1. The lowest BCUT2D eigenvalue weighted by molar-refractivity contribution is 0.0600. The molecule has 0 spiro atoms. The number of carbonyl (C=O) groups is 2. The van der Waals surface area contributed by atoms with Crippen LogP contribution in [0.2, 0.25) is 0 Å².